The van der Waals surface area contributed by atoms with Crippen LogP contribution in [0, 0.1) is 0 Å². The summed E-state index contributed by atoms with van der Waals surface area (Å²) in [5.74, 6) is 0. The third kappa shape index (κ3) is 3.08. The molecule has 0 saturated heterocycles. The van der Waals surface area contributed by atoms with E-state index in [9.17, 15) is 18.0 Å². The van der Waals surface area contributed by atoms with Gasteiger partial charge in [-0.2, -0.15) is 18.3 Å². The van der Waals surface area contributed by atoms with Crippen molar-refractivity contribution in [2.75, 3.05) is 0 Å². The van der Waals surface area contributed by atoms with Gasteiger partial charge in [0.25, 0.3) is 0 Å². The lowest BCUT2D eigenvalue weighted by Gasteiger charge is -2.10. The number of alkyl halides is 3. The van der Waals surface area contributed by atoms with Crippen LogP contribution in [0.25, 0.3) is 22.4 Å². The lowest BCUT2D eigenvalue weighted by molar-refractivity contribution is -0.137. The first-order chi connectivity index (χ1) is 11.4. The standard InChI is InChI=1S/C18H13F3N2O/c1-23-11-15(12-6-3-2-4-7-12)17(24)16(22-23)13-8-5-9-14(10-13)18(19,20)21/h2-11H,1H3. The Kier molecular flexibility index (Phi) is 3.97. The second kappa shape index (κ2) is 5.96. The summed E-state index contributed by atoms with van der Waals surface area (Å²) in [4.78, 5) is 12.7. The van der Waals surface area contributed by atoms with Crippen LogP contribution in [0.4, 0.5) is 13.2 Å². The average Bonchev–Trinajstić information content (AvgIpc) is 2.57. The van der Waals surface area contributed by atoms with Gasteiger partial charge in [0.2, 0.25) is 5.43 Å². The molecule has 1 heterocycles. The molecule has 0 atom stereocenters. The number of halogens is 3. The molecule has 0 unspecified atom stereocenters. The van der Waals surface area contributed by atoms with Gasteiger partial charge in [0, 0.05) is 24.4 Å². The number of benzene rings is 2. The summed E-state index contributed by atoms with van der Waals surface area (Å²) in [5, 5.41) is 4.09. The van der Waals surface area contributed by atoms with Gasteiger partial charge in [-0.15, -0.1) is 0 Å². The Labute approximate surface area is 136 Å². The molecule has 0 N–H and O–H groups in total. The highest BCUT2D eigenvalue weighted by Crippen LogP contribution is 2.31. The fourth-order valence-corrected chi connectivity index (χ4v) is 2.46. The average molecular weight is 330 g/mol. The molecule has 3 nitrogen and oxygen atoms in total. The van der Waals surface area contributed by atoms with Crippen LogP contribution in [-0.4, -0.2) is 9.78 Å². The molecule has 0 fully saturated rings. The van der Waals surface area contributed by atoms with E-state index in [-0.39, 0.29) is 11.3 Å². The first kappa shape index (κ1) is 16.0. The third-order valence-electron chi connectivity index (χ3n) is 3.58. The maximum absolute atomic E-state index is 12.9. The van der Waals surface area contributed by atoms with Crippen molar-refractivity contribution in [1.29, 1.82) is 0 Å². The molecule has 0 spiro atoms. The van der Waals surface area contributed by atoms with Crippen molar-refractivity contribution in [2.45, 2.75) is 6.18 Å². The second-order valence-electron chi connectivity index (χ2n) is 5.34. The van der Waals surface area contributed by atoms with Crippen LogP contribution in [0.15, 0.2) is 65.6 Å². The highest BCUT2D eigenvalue weighted by Gasteiger charge is 2.30. The monoisotopic (exact) mass is 330 g/mol. The smallest absolute Gasteiger partial charge is 0.287 e. The molecule has 0 aliphatic rings. The highest BCUT2D eigenvalue weighted by molar-refractivity contribution is 5.69. The minimum Gasteiger partial charge on any atom is -0.287 e. The molecule has 2 aromatic carbocycles. The normalized spacial score (nSPS) is 11.5. The molecule has 3 rings (SSSR count). The van der Waals surface area contributed by atoms with Crippen molar-refractivity contribution >= 4 is 0 Å². The van der Waals surface area contributed by atoms with Gasteiger partial charge in [0.05, 0.1) is 5.56 Å². The molecule has 1 aromatic heterocycles. The quantitative estimate of drug-likeness (QED) is 0.708. The van der Waals surface area contributed by atoms with Crippen molar-refractivity contribution in [1.82, 2.24) is 9.78 Å². The van der Waals surface area contributed by atoms with Gasteiger partial charge in [-0.3, -0.25) is 9.48 Å². The van der Waals surface area contributed by atoms with E-state index < -0.39 is 17.2 Å². The van der Waals surface area contributed by atoms with Crippen LogP contribution in [0.5, 0.6) is 0 Å². The largest absolute Gasteiger partial charge is 0.416 e. The topological polar surface area (TPSA) is 34.9 Å². The number of rotatable bonds is 2. The van der Waals surface area contributed by atoms with Crippen molar-refractivity contribution in [2.24, 2.45) is 7.05 Å². The van der Waals surface area contributed by atoms with E-state index in [1.807, 2.05) is 6.07 Å². The number of aryl methyl sites for hydroxylation is 1. The number of hydrogen-bond donors (Lipinski definition) is 0. The van der Waals surface area contributed by atoms with Crippen molar-refractivity contribution in [3.63, 3.8) is 0 Å². The van der Waals surface area contributed by atoms with Crippen LogP contribution in [0.1, 0.15) is 5.56 Å². The van der Waals surface area contributed by atoms with Gasteiger partial charge < -0.3 is 0 Å². The summed E-state index contributed by atoms with van der Waals surface area (Å²) in [6, 6.07) is 13.6. The summed E-state index contributed by atoms with van der Waals surface area (Å²) < 4.78 is 40.1. The zero-order valence-corrected chi connectivity index (χ0v) is 12.7. The van der Waals surface area contributed by atoms with Crippen LogP contribution in [0.3, 0.4) is 0 Å². The Morgan fingerprint density at radius 2 is 1.62 bits per heavy atom. The maximum atomic E-state index is 12.9. The number of aromatic nitrogens is 2. The summed E-state index contributed by atoms with van der Waals surface area (Å²) >= 11 is 0. The molecule has 6 heteroatoms. The third-order valence-corrected chi connectivity index (χ3v) is 3.58. The van der Waals surface area contributed by atoms with Crippen LogP contribution in [-0.2, 0) is 13.2 Å². The van der Waals surface area contributed by atoms with E-state index >= 15 is 0 Å². The molecule has 0 saturated carbocycles. The summed E-state index contributed by atoms with van der Waals surface area (Å²) in [6.45, 7) is 0. The second-order valence-corrected chi connectivity index (χ2v) is 5.34. The summed E-state index contributed by atoms with van der Waals surface area (Å²) in [6.07, 6.45) is -2.91. The summed E-state index contributed by atoms with van der Waals surface area (Å²) in [7, 11) is 1.63. The fourth-order valence-electron chi connectivity index (χ4n) is 2.46. The number of nitrogens with zero attached hydrogens (tertiary/aromatic N) is 2. The molecule has 24 heavy (non-hydrogen) atoms. The van der Waals surface area contributed by atoms with Gasteiger partial charge in [-0.1, -0.05) is 42.5 Å². The van der Waals surface area contributed by atoms with E-state index in [0.717, 1.165) is 12.1 Å². The van der Waals surface area contributed by atoms with Crippen LogP contribution < -0.4 is 5.43 Å². The van der Waals surface area contributed by atoms with E-state index in [2.05, 4.69) is 5.10 Å². The van der Waals surface area contributed by atoms with Crippen molar-refractivity contribution < 1.29 is 13.2 Å². The lowest BCUT2D eigenvalue weighted by atomic mass is 10.0. The highest BCUT2D eigenvalue weighted by atomic mass is 19.4. The Morgan fingerprint density at radius 3 is 2.29 bits per heavy atom. The minimum absolute atomic E-state index is 0.00930. The predicted octanol–water partition coefficient (Wildman–Crippen LogP) is 4.13. The molecular weight excluding hydrogens is 317 g/mol. The Bertz CT molecular complexity index is 931. The first-order valence-corrected chi connectivity index (χ1v) is 7.17. The summed E-state index contributed by atoms with van der Waals surface area (Å²) in [5.41, 5.74) is -0.00464. The Balaban J connectivity index is 2.20. The zero-order chi connectivity index (χ0) is 17.3. The molecule has 0 bridgehead atoms. The van der Waals surface area contributed by atoms with E-state index in [4.69, 9.17) is 0 Å². The van der Waals surface area contributed by atoms with Gasteiger partial charge >= 0.3 is 6.18 Å². The Morgan fingerprint density at radius 1 is 0.958 bits per heavy atom. The first-order valence-electron chi connectivity index (χ1n) is 7.17. The molecule has 0 aliphatic carbocycles. The molecule has 122 valence electrons. The van der Waals surface area contributed by atoms with Crippen LogP contribution >= 0.6 is 0 Å². The molecule has 3 aromatic rings. The van der Waals surface area contributed by atoms with Gasteiger partial charge in [0.15, 0.2) is 0 Å². The van der Waals surface area contributed by atoms with Gasteiger partial charge in [-0.05, 0) is 17.7 Å². The minimum atomic E-state index is -4.47. The van der Waals surface area contributed by atoms with E-state index in [1.54, 1.807) is 37.5 Å². The zero-order valence-electron chi connectivity index (χ0n) is 12.7. The molecular formula is C18H13F3N2O. The number of hydrogen-bond acceptors (Lipinski definition) is 2. The SMILES string of the molecule is Cn1cc(-c2ccccc2)c(=O)c(-c2cccc(C(F)(F)F)c2)n1. The lowest BCUT2D eigenvalue weighted by Crippen LogP contribution is -2.16. The van der Waals surface area contributed by atoms with Crippen molar-refractivity contribution in [3.05, 3.63) is 76.6 Å². The Hall–Kier alpha value is -2.89. The fraction of sp³-hybridized carbons (Fsp3) is 0.111. The van der Waals surface area contributed by atoms with Crippen molar-refractivity contribution in [3.8, 4) is 22.4 Å². The van der Waals surface area contributed by atoms with E-state index in [1.165, 1.54) is 16.8 Å². The molecule has 0 radical (unpaired) electrons. The maximum Gasteiger partial charge on any atom is 0.416 e. The molecule has 0 aliphatic heterocycles. The van der Waals surface area contributed by atoms with Gasteiger partial charge in [-0.25, -0.2) is 0 Å². The molecule has 0 amide bonds. The predicted molar refractivity (Wildman–Crippen MR) is 85.4 cm³/mol. The van der Waals surface area contributed by atoms with Gasteiger partial charge in [0.1, 0.15) is 5.69 Å². The van der Waals surface area contributed by atoms with Crippen LogP contribution in [0.2, 0.25) is 0 Å². The van der Waals surface area contributed by atoms with E-state index in [0.29, 0.717) is 11.1 Å².